The summed E-state index contributed by atoms with van der Waals surface area (Å²) in [6.45, 7) is 8.43. The standard InChI is InChI=1S/C14H22ClN3/c1-11(2)8-16-9-12-7-13(15)14(17-10-12)18-5-3-4-6-18/h7,10-11,16H,3-6,8-9H2,1-2H3. The van der Waals surface area contributed by atoms with E-state index in [1.54, 1.807) is 0 Å². The van der Waals surface area contributed by atoms with Gasteiger partial charge in [0.05, 0.1) is 5.02 Å². The molecule has 3 nitrogen and oxygen atoms in total. The van der Waals surface area contributed by atoms with Crippen molar-refractivity contribution >= 4 is 17.4 Å². The summed E-state index contributed by atoms with van der Waals surface area (Å²) in [6.07, 6.45) is 4.43. The molecule has 0 aromatic carbocycles. The van der Waals surface area contributed by atoms with Crippen LogP contribution in [-0.4, -0.2) is 24.6 Å². The van der Waals surface area contributed by atoms with Gasteiger partial charge in [0.1, 0.15) is 5.82 Å². The summed E-state index contributed by atoms with van der Waals surface area (Å²) in [5.74, 6) is 1.61. The number of nitrogens with one attached hydrogen (secondary N) is 1. The molecule has 1 N–H and O–H groups in total. The normalized spacial score (nSPS) is 15.7. The molecule has 4 heteroatoms. The second-order valence-electron chi connectivity index (χ2n) is 5.37. The van der Waals surface area contributed by atoms with E-state index in [-0.39, 0.29) is 0 Å². The van der Waals surface area contributed by atoms with E-state index >= 15 is 0 Å². The lowest BCUT2D eigenvalue weighted by Gasteiger charge is -2.18. The lowest BCUT2D eigenvalue weighted by Crippen LogP contribution is -2.21. The lowest BCUT2D eigenvalue weighted by atomic mass is 10.2. The molecule has 0 spiro atoms. The van der Waals surface area contributed by atoms with Crippen molar-refractivity contribution in [3.8, 4) is 0 Å². The van der Waals surface area contributed by atoms with Crippen LogP contribution in [0.1, 0.15) is 32.3 Å². The molecule has 0 unspecified atom stereocenters. The zero-order valence-corrected chi connectivity index (χ0v) is 12.0. The maximum absolute atomic E-state index is 6.32. The van der Waals surface area contributed by atoms with Crippen molar-refractivity contribution in [3.05, 3.63) is 22.8 Å². The molecule has 0 radical (unpaired) electrons. The summed E-state index contributed by atoms with van der Waals surface area (Å²) in [4.78, 5) is 6.78. The van der Waals surface area contributed by atoms with Gasteiger partial charge in [-0.2, -0.15) is 0 Å². The summed E-state index contributed by atoms with van der Waals surface area (Å²) in [7, 11) is 0. The van der Waals surface area contributed by atoms with Gasteiger partial charge < -0.3 is 10.2 Å². The molecule has 0 atom stereocenters. The Labute approximate surface area is 115 Å². The van der Waals surface area contributed by atoms with Gasteiger partial charge in [0, 0.05) is 25.8 Å². The second-order valence-corrected chi connectivity index (χ2v) is 5.78. The molecule has 0 aliphatic carbocycles. The summed E-state index contributed by atoms with van der Waals surface area (Å²) < 4.78 is 0. The third-order valence-electron chi connectivity index (χ3n) is 3.17. The second kappa shape index (κ2) is 6.39. The van der Waals surface area contributed by atoms with Gasteiger partial charge in [-0.15, -0.1) is 0 Å². The summed E-state index contributed by atoms with van der Waals surface area (Å²) in [5, 5.41) is 4.18. The molecular weight excluding hydrogens is 246 g/mol. The van der Waals surface area contributed by atoms with Crippen LogP contribution in [-0.2, 0) is 6.54 Å². The molecular formula is C14H22ClN3. The molecule has 1 fully saturated rings. The topological polar surface area (TPSA) is 28.2 Å². The van der Waals surface area contributed by atoms with Crippen LogP contribution in [0, 0.1) is 5.92 Å². The first-order valence-corrected chi connectivity index (χ1v) is 7.14. The van der Waals surface area contributed by atoms with Gasteiger partial charge in [-0.05, 0) is 36.9 Å². The SMILES string of the molecule is CC(C)CNCc1cnc(N2CCCC2)c(Cl)c1. The number of aromatic nitrogens is 1. The number of hydrogen-bond acceptors (Lipinski definition) is 3. The molecule has 1 aliphatic heterocycles. The Morgan fingerprint density at radius 3 is 2.72 bits per heavy atom. The first kappa shape index (κ1) is 13.6. The van der Waals surface area contributed by atoms with Gasteiger partial charge in [-0.1, -0.05) is 25.4 Å². The number of nitrogens with zero attached hydrogens (tertiary/aromatic N) is 2. The number of rotatable bonds is 5. The molecule has 1 saturated heterocycles. The van der Waals surface area contributed by atoms with Crippen LogP contribution in [0.5, 0.6) is 0 Å². The first-order valence-electron chi connectivity index (χ1n) is 6.77. The van der Waals surface area contributed by atoms with Crippen LogP contribution in [0.15, 0.2) is 12.3 Å². The molecule has 0 saturated carbocycles. The van der Waals surface area contributed by atoms with Crippen LogP contribution >= 0.6 is 11.6 Å². The Kier molecular flexibility index (Phi) is 4.84. The third kappa shape index (κ3) is 3.59. The smallest absolute Gasteiger partial charge is 0.147 e. The number of pyridine rings is 1. The van der Waals surface area contributed by atoms with Gasteiger partial charge in [0.2, 0.25) is 0 Å². The van der Waals surface area contributed by atoms with Crippen molar-refractivity contribution in [1.82, 2.24) is 10.3 Å². The minimum Gasteiger partial charge on any atom is -0.355 e. The predicted molar refractivity (Wildman–Crippen MR) is 77.2 cm³/mol. The van der Waals surface area contributed by atoms with Gasteiger partial charge in [-0.3, -0.25) is 0 Å². The quantitative estimate of drug-likeness (QED) is 0.889. The third-order valence-corrected chi connectivity index (χ3v) is 3.44. The number of halogens is 1. The molecule has 1 aliphatic rings. The van der Waals surface area contributed by atoms with E-state index in [1.807, 2.05) is 12.3 Å². The van der Waals surface area contributed by atoms with E-state index in [0.29, 0.717) is 5.92 Å². The van der Waals surface area contributed by atoms with Crippen LogP contribution in [0.4, 0.5) is 5.82 Å². The molecule has 100 valence electrons. The zero-order valence-electron chi connectivity index (χ0n) is 11.2. The maximum Gasteiger partial charge on any atom is 0.147 e. The lowest BCUT2D eigenvalue weighted by molar-refractivity contribution is 0.552. The molecule has 2 heterocycles. The van der Waals surface area contributed by atoms with Gasteiger partial charge in [0.25, 0.3) is 0 Å². The average Bonchev–Trinajstić information content (AvgIpc) is 2.82. The highest BCUT2D eigenvalue weighted by molar-refractivity contribution is 6.33. The fourth-order valence-corrected chi connectivity index (χ4v) is 2.54. The Hall–Kier alpha value is -0.800. The Morgan fingerprint density at radius 1 is 1.39 bits per heavy atom. The van der Waals surface area contributed by atoms with Crippen molar-refractivity contribution < 1.29 is 0 Å². The summed E-state index contributed by atoms with van der Waals surface area (Å²) in [5.41, 5.74) is 1.16. The minimum atomic E-state index is 0.664. The molecule has 18 heavy (non-hydrogen) atoms. The van der Waals surface area contributed by atoms with Crippen molar-refractivity contribution in [1.29, 1.82) is 0 Å². The highest BCUT2D eigenvalue weighted by Gasteiger charge is 2.16. The van der Waals surface area contributed by atoms with E-state index in [0.717, 1.165) is 42.6 Å². The fourth-order valence-electron chi connectivity index (χ4n) is 2.23. The molecule has 0 bridgehead atoms. The van der Waals surface area contributed by atoms with Crippen LogP contribution in [0.3, 0.4) is 0 Å². The highest BCUT2D eigenvalue weighted by atomic mass is 35.5. The summed E-state index contributed by atoms with van der Waals surface area (Å²) >= 11 is 6.32. The minimum absolute atomic E-state index is 0.664. The van der Waals surface area contributed by atoms with Crippen LogP contribution < -0.4 is 10.2 Å². The summed E-state index contributed by atoms with van der Waals surface area (Å²) in [6, 6.07) is 2.04. The van der Waals surface area contributed by atoms with Crippen LogP contribution in [0.25, 0.3) is 0 Å². The first-order chi connectivity index (χ1) is 8.66. The van der Waals surface area contributed by atoms with Crippen LogP contribution in [0.2, 0.25) is 5.02 Å². The van der Waals surface area contributed by atoms with Crippen molar-refractivity contribution in [3.63, 3.8) is 0 Å². The monoisotopic (exact) mass is 267 g/mol. The van der Waals surface area contributed by atoms with Crippen molar-refractivity contribution in [2.45, 2.75) is 33.2 Å². The van der Waals surface area contributed by atoms with E-state index in [2.05, 4.69) is 29.0 Å². The molecule has 1 aromatic rings. The largest absolute Gasteiger partial charge is 0.355 e. The number of anilines is 1. The van der Waals surface area contributed by atoms with E-state index in [4.69, 9.17) is 11.6 Å². The van der Waals surface area contributed by atoms with E-state index in [1.165, 1.54) is 12.8 Å². The van der Waals surface area contributed by atoms with Gasteiger partial charge in [0.15, 0.2) is 0 Å². The average molecular weight is 268 g/mol. The number of hydrogen-bond donors (Lipinski definition) is 1. The fraction of sp³-hybridized carbons (Fsp3) is 0.643. The predicted octanol–water partition coefficient (Wildman–Crippen LogP) is 3.08. The van der Waals surface area contributed by atoms with E-state index in [9.17, 15) is 0 Å². The molecule has 0 amide bonds. The zero-order chi connectivity index (χ0) is 13.0. The maximum atomic E-state index is 6.32. The highest BCUT2D eigenvalue weighted by Crippen LogP contribution is 2.26. The Bertz CT molecular complexity index is 387. The molecule has 1 aromatic heterocycles. The van der Waals surface area contributed by atoms with E-state index < -0.39 is 0 Å². The van der Waals surface area contributed by atoms with Crippen molar-refractivity contribution in [2.24, 2.45) is 5.92 Å². The van der Waals surface area contributed by atoms with Gasteiger partial charge in [-0.25, -0.2) is 4.98 Å². The van der Waals surface area contributed by atoms with Gasteiger partial charge >= 0.3 is 0 Å². The molecule has 2 rings (SSSR count). The Balaban J connectivity index is 1.96. The Morgan fingerprint density at radius 2 is 2.11 bits per heavy atom. The van der Waals surface area contributed by atoms with Crippen molar-refractivity contribution in [2.75, 3.05) is 24.5 Å².